The predicted molar refractivity (Wildman–Crippen MR) is 76.9 cm³/mol. The van der Waals surface area contributed by atoms with Gasteiger partial charge in [0.2, 0.25) is 10.0 Å². The van der Waals surface area contributed by atoms with E-state index in [1.54, 1.807) is 25.3 Å². The summed E-state index contributed by atoms with van der Waals surface area (Å²) in [7, 11) is -1.53. The smallest absolute Gasteiger partial charge is 0.208 e. The zero-order valence-corrected chi connectivity index (χ0v) is 12.5. The number of hydrogen-bond donors (Lipinski definition) is 2. The Morgan fingerprint density at radius 3 is 2.70 bits per heavy atom. The Hall–Kier alpha value is -1.62. The molecule has 20 heavy (non-hydrogen) atoms. The van der Waals surface area contributed by atoms with Gasteiger partial charge in [-0.2, -0.15) is 5.26 Å². The molecule has 0 fully saturated rings. The molecule has 0 bridgehead atoms. The van der Waals surface area contributed by atoms with Crippen LogP contribution in [0.5, 0.6) is 5.75 Å². The van der Waals surface area contributed by atoms with Gasteiger partial charge in [-0.15, -0.1) is 0 Å². The molecule has 0 saturated heterocycles. The maximum atomic E-state index is 10.9. The Morgan fingerprint density at radius 2 is 2.10 bits per heavy atom. The van der Waals surface area contributed by atoms with Gasteiger partial charge in [-0.25, -0.2) is 13.1 Å². The van der Waals surface area contributed by atoms with Gasteiger partial charge in [0.1, 0.15) is 5.75 Å². The first-order valence-electron chi connectivity index (χ1n) is 6.18. The summed E-state index contributed by atoms with van der Waals surface area (Å²) in [6.45, 7) is 1.64. The topological polar surface area (TPSA) is 91.2 Å². The van der Waals surface area contributed by atoms with Gasteiger partial charge in [0.15, 0.2) is 0 Å². The maximum Gasteiger partial charge on any atom is 0.208 e. The first kappa shape index (κ1) is 16.4. The highest BCUT2D eigenvalue weighted by Crippen LogP contribution is 2.19. The van der Waals surface area contributed by atoms with Crippen molar-refractivity contribution in [2.24, 2.45) is 0 Å². The Kier molecular flexibility index (Phi) is 6.45. The summed E-state index contributed by atoms with van der Waals surface area (Å²) in [4.78, 5) is 0. The van der Waals surface area contributed by atoms with Crippen molar-refractivity contribution in [3.05, 3.63) is 29.3 Å². The van der Waals surface area contributed by atoms with Crippen LogP contribution in [-0.4, -0.2) is 34.9 Å². The molecule has 0 atom stereocenters. The minimum atomic E-state index is -3.12. The zero-order chi connectivity index (χ0) is 15.0. The van der Waals surface area contributed by atoms with E-state index < -0.39 is 10.0 Å². The summed E-state index contributed by atoms with van der Waals surface area (Å²) >= 11 is 0. The van der Waals surface area contributed by atoms with Crippen molar-refractivity contribution in [1.82, 2.24) is 10.0 Å². The van der Waals surface area contributed by atoms with E-state index in [9.17, 15) is 8.42 Å². The quantitative estimate of drug-likeness (QED) is 0.686. The van der Waals surface area contributed by atoms with Gasteiger partial charge < -0.3 is 10.1 Å². The Labute approximate surface area is 119 Å². The van der Waals surface area contributed by atoms with Gasteiger partial charge in [0.25, 0.3) is 0 Å². The summed E-state index contributed by atoms with van der Waals surface area (Å²) in [6.07, 6.45) is 1.83. The monoisotopic (exact) mass is 297 g/mol. The second-order valence-electron chi connectivity index (χ2n) is 4.34. The number of hydrogen-bond acceptors (Lipinski definition) is 5. The molecule has 0 radical (unpaired) electrons. The fraction of sp³-hybridized carbons (Fsp3) is 0.462. The molecule has 110 valence electrons. The summed E-state index contributed by atoms with van der Waals surface area (Å²) < 4.78 is 29.4. The molecule has 0 unspecified atom stereocenters. The van der Waals surface area contributed by atoms with Crippen LogP contribution in [0.4, 0.5) is 0 Å². The van der Waals surface area contributed by atoms with Crippen LogP contribution in [0.1, 0.15) is 17.5 Å². The van der Waals surface area contributed by atoms with Crippen LogP contribution < -0.4 is 14.8 Å². The van der Waals surface area contributed by atoms with Gasteiger partial charge >= 0.3 is 0 Å². The highest BCUT2D eigenvalue weighted by molar-refractivity contribution is 7.88. The molecule has 0 aliphatic heterocycles. The van der Waals surface area contributed by atoms with Crippen molar-refractivity contribution < 1.29 is 13.2 Å². The molecule has 6 nitrogen and oxygen atoms in total. The highest BCUT2D eigenvalue weighted by Gasteiger charge is 2.04. The molecule has 1 rings (SSSR count). The van der Waals surface area contributed by atoms with Crippen LogP contribution >= 0.6 is 0 Å². The molecule has 2 N–H and O–H groups in total. The third-order valence-electron chi connectivity index (χ3n) is 2.62. The van der Waals surface area contributed by atoms with Gasteiger partial charge in [-0.05, 0) is 31.2 Å². The first-order valence-corrected chi connectivity index (χ1v) is 8.08. The maximum absolute atomic E-state index is 10.9. The lowest BCUT2D eigenvalue weighted by molar-refractivity contribution is 0.407. The average molecular weight is 297 g/mol. The van der Waals surface area contributed by atoms with E-state index in [2.05, 4.69) is 16.1 Å². The molecular weight excluding hydrogens is 278 g/mol. The average Bonchev–Trinajstić information content (AvgIpc) is 2.41. The molecular formula is C13H19N3O3S. The van der Waals surface area contributed by atoms with Gasteiger partial charge in [0.05, 0.1) is 25.0 Å². The second-order valence-corrected chi connectivity index (χ2v) is 6.17. The number of benzene rings is 1. The van der Waals surface area contributed by atoms with Crippen LogP contribution in [0.2, 0.25) is 0 Å². The van der Waals surface area contributed by atoms with Crippen molar-refractivity contribution in [2.75, 3.05) is 26.5 Å². The fourth-order valence-electron chi connectivity index (χ4n) is 1.68. The zero-order valence-electron chi connectivity index (χ0n) is 11.6. The van der Waals surface area contributed by atoms with Crippen LogP contribution in [0.15, 0.2) is 18.2 Å². The Morgan fingerprint density at radius 1 is 1.35 bits per heavy atom. The van der Waals surface area contributed by atoms with Gasteiger partial charge in [-0.1, -0.05) is 0 Å². The highest BCUT2D eigenvalue weighted by atomic mass is 32.2. The first-order chi connectivity index (χ1) is 9.46. The van der Waals surface area contributed by atoms with E-state index in [0.717, 1.165) is 17.6 Å². The van der Waals surface area contributed by atoms with Crippen LogP contribution in [0.3, 0.4) is 0 Å². The molecule has 7 heteroatoms. The van der Waals surface area contributed by atoms with E-state index in [1.807, 2.05) is 0 Å². The molecule has 0 aliphatic rings. The van der Waals surface area contributed by atoms with Crippen molar-refractivity contribution in [2.45, 2.75) is 13.0 Å². The number of nitrogens with zero attached hydrogens (tertiary/aromatic N) is 1. The molecule has 0 aliphatic carbocycles. The Bertz CT molecular complexity index is 579. The largest absolute Gasteiger partial charge is 0.496 e. The molecule has 0 heterocycles. The Balaban J connectivity index is 2.40. The number of methoxy groups -OCH3 is 1. The number of rotatable bonds is 8. The fourth-order valence-corrected chi connectivity index (χ4v) is 2.20. The van der Waals surface area contributed by atoms with Crippen LogP contribution in [-0.2, 0) is 16.6 Å². The third kappa shape index (κ3) is 6.02. The summed E-state index contributed by atoms with van der Waals surface area (Å²) in [5.74, 6) is 0.728. The normalized spacial score (nSPS) is 11.1. The standard InChI is InChI=1S/C13H19N3O3S/c1-19-13-5-4-11(9-14)8-12(13)10-15-6-3-7-16-20(2,17)18/h4-5,8,15-16H,3,6-7,10H2,1-2H3. The van der Waals surface area contributed by atoms with E-state index in [0.29, 0.717) is 31.6 Å². The predicted octanol–water partition coefficient (Wildman–Crippen LogP) is 0.596. The van der Waals surface area contributed by atoms with E-state index in [1.165, 1.54) is 0 Å². The molecule has 1 aromatic carbocycles. The minimum absolute atomic E-state index is 0.404. The number of nitriles is 1. The van der Waals surface area contributed by atoms with Crippen molar-refractivity contribution >= 4 is 10.0 Å². The van der Waals surface area contributed by atoms with Crippen molar-refractivity contribution in [1.29, 1.82) is 5.26 Å². The number of ether oxygens (including phenoxy) is 1. The lowest BCUT2D eigenvalue weighted by atomic mass is 10.1. The molecule has 0 aromatic heterocycles. The lowest BCUT2D eigenvalue weighted by Crippen LogP contribution is -2.26. The van der Waals surface area contributed by atoms with E-state index in [4.69, 9.17) is 10.00 Å². The summed E-state index contributed by atoms with van der Waals surface area (Å²) in [5.41, 5.74) is 1.49. The molecule has 0 spiro atoms. The van der Waals surface area contributed by atoms with Gasteiger partial charge in [-0.3, -0.25) is 0 Å². The van der Waals surface area contributed by atoms with Crippen LogP contribution in [0.25, 0.3) is 0 Å². The second kappa shape index (κ2) is 7.85. The minimum Gasteiger partial charge on any atom is -0.496 e. The number of sulfonamides is 1. The third-order valence-corrected chi connectivity index (χ3v) is 3.35. The lowest BCUT2D eigenvalue weighted by Gasteiger charge is -2.10. The summed E-state index contributed by atoms with van der Waals surface area (Å²) in [5, 5.41) is 12.1. The summed E-state index contributed by atoms with van der Waals surface area (Å²) in [6, 6.07) is 7.34. The van der Waals surface area contributed by atoms with Crippen LogP contribution in [0, 0.1) is 11.3 Å². The molecule has 0 saturated carbocycles. The molecule has 1 aromatic rings. The van der Waals surface area contributed by atoms with Crippen molar-refractivity contribution in [3.63, 3.8) is 0 Å². The van der Waals surface area contributed by atoms with Gasteiger partial charge in [0, 0.05) is 18.7 Å². The van der Waals surface area contributed by atoms with E-state index >= 15 is 0 Å². The SMILES string of the molecule is COc1ccc(C#N)cc1CNCCCNS(C)(=O)=O. The number of nitrogens with one attached hydrogen (secondary N) is 2. The van der Waals surface area contributed by atoms with E-state index in [-0.39, 0.29) is 0 Å². The van der Waals surface area contributed by atoms with Crippen molar-refractivity contribution in [3.8, 4) is 11.8 Å². The molecule has 0 amide bonds.